The molecule has 1 aromatic heterocycles. The van der Waals surface area contributed by atoms with E-state index in [2.05, 4.69) is 10.1 Å². The number of amides is 1. The Bertz CT molecular complexity index is 605. The molecule has 0 spiro atoms. The Morgan fingerprint density at radius 2 is 1.95 bits per heavy atom. The van der Waals surface area contributed by atoms with E-state index in [0.29, 0.717) is 0 Å². The predicted octanol–water partition coefficient (Wildman–Crippen LogP) is 1.66. The van der Waals surface area contributed by atoms with Crippen molar-refractivity contribution in [2.24, 2.45) is 0 Å². The van der Waals surface area contributed by atoms with Crippen molar-refractivity contribution < 1.29 is 9.53 Å². The summed E-state index contributed by atoms with van der Waals surface area (Å²) < 4.78 is 7.18. The van der Waals surface area contributed by atoms with E-state index in [1.807, 2.05) is 35.2 Å². The van der Waals surface area contributed by atoms with E-state index in [-0.39, 0.29) is 11.9 Å². The van der Waals surface area contributed by atoms with Gasteiger partial charge in [-0.25, -0.2) is 4.68 Å². The first-order valence-corrected chi connectivity index (χ1v) is 7.16. The second-order valence-electron chi connectivity index (χ2n) is 5.10. The van der Waals surface area contributed by atoms with Crippen LogP contribution in [0.5, 0.6) is 6.01 Å². The van der Waals surface area contributed by atoms with Crippen LogP contribution in [-0.2, 0) is 4.79 Å². The molecule has 6 heteroatoms. The number of benzene rings is 1. The summed E-state index contributed by atoms with van der Waals surface area (Å²) in [6.45, 7) is 3.38. The lowest BCUT2D eigenvalue weighted by Crippen LogP contribution is -2.38. The molecule has 1 unspecified atom stereocenters. The van der Waals surface area contributed by atoms with E-state index in [0.717, 1.165) is 31.6 Å². The van der Waals surface area contributed by atoms with Crippen molar-refractivity contribution in [3.8, 4) is 11.7 Å². The number of hydrogen-bond acceptors (Lipinski definition) is 4. The Hall–Kier alpha value is -2.37. The highest BCUT2D eigenvalue weighted by atomic mass is 16.5. The average Bonchev–Trinajstić information content (AvgIpc) is 3.19. The third-order valence-corrected chi connectivity index (χ3v) is 3.54. The minimum atomic E-state index is -0.560. The van der Waals surface area contributed by atoms with E-state index in [9.17, 15) is 4.79 Å². The monoisotopic (exact) mass is 286 g/mol. The molecule has 1 aliphatic rings. The van der Waals surface area contributed by atoms with Gasteiger partial charge < -0.3 is 9.64 Å². The molecule has 0 aliphatic carbocycles. The molecule has 2 aromatic rings. The number of rotatable bonds is 4. The third-order valence-electron chi connectivity index (χ3n) is 3.54. The second kappa shape index (κ2) is 5.95. The lowest BCUT2D eigenvalue weighted by atomic mass is 10.3. The third kappa shape index (κ3) is 3.04. The zero-order valence-electron chi connectivity index (χ0n) is 12.0. The highest BCUT2D eigenvalue weighted by Gasteiger charge is 2.25. The molecule has 1 fully saturated rings. The lowest BCUT2D eigenvalue weighted by Gasteiger charge is -2.19. The Balaban J connectivity index is 1.65. The van der Waals surface area contributed by atoms with Crippen LogP contribution in [0.2, 0.25) is 0 Å². The number of carbonyl (C=O) groups is 1. The molecule has 3 rings (SSSR count). The molecule has 6 nitrogen and oxygen atoms in total. The second-order valence-corrected chi connectivity index (χ2v) is 5.10. The van der Waals surface area contributed by atoms with Gasteiger partial charge in [-0.1, -0.05) is 18.2 Å². The summed E-state index contributed by atoms with van der Waals surface area (Å²) in [4.78, 5) is 18.1. The van der Waals surface area contributed by atoms with E-state index in [4.69, 9.17) is 4.74 Å². The highest BCUT2D eigenvalue weighted by Crippen LogP contribution is 2.13. The average molecular weight is 286 g/mol. The van der Waals surface area contributed by atoms with Crippen LogP contribution in [0, 0.1) is 0 Å². The zero-order valence-corrected chi connectivity index (χ0v) is 12.0. The number of carbonyl (C=O) groups excluding carboxylic acids is 1. The summed E-state index contributed by atoms with van der Waals surface area (Å²) in [5, 5.41) is 4.24. The maximum absolute atomic E-state index is 12.2. The summed E-state index contributed by atoms with van der Waals surface area (Å²) in [6, 6.07) is 9.87. The molecule has 0 saturated carbocycles. The molecular formula is C15H18N4O2. The maximum Gasteiger partial charge on any atom is 0.336 e. The van der Waals surface area contributed by atoms with Gasteiger partial charge in [-0.3, -0.25) is 4.79 Å². The van der Waals surface area contributed by atoms with Gasteiger partial charge in [0.2, 0.25) is 0 Å². The maximum atomic E-state index is 12.2. The van der Waals surface area contributed by atoms with Crippen molar-refractivity contribution in [2.45, 2.75) is 25.9 Å². The van der Waals surface area contributed by atoms with Crippen molar-refractivity contribution in [1.29, 1.82) is 0 Å². The van der Waals surface area contributed by atoms with Gasteiger partial charge >= 0.3 is 6.01 Å². The zero-order chi connectivity index (χ0) is 14.7. The number of hydrogen-bond donors (Lipinski definition) is 0. The SMILES string of the molecule is CC(Oc1ncn(-c2ccccc2)n1)C(=O)N1CCCC1. The van der Waals surface area contributed by atoms with Gasteiger partial charge in [0, 0.05) is 13.1 Å². The minimum absolute atomic E-state index is 0.00330. The fourth-order valence-electron chi connectivity index (χ4n) is 2.41. The first-order valence-electron chi connectivity index (χ1n) is 7.16. The molecule has 2 heterocycles. The van der Waals surface area contributed by atoms with Crippen molar-refractivity contribution in [2.75, 3.05) is 13.1 Å². The van der Waals surface area contributed by atoms with Crippen molar-refractivity contribution >= 4 is 5.91 Å². The molecule has 0 bridgehead atoms. The van der Waals surface area contributed by atoms with Crippen LogP contribution in [-0.4, -0.2) is 44.8 Å². The number of nitrogens with zero attached hydrogens (tertiary/aromatic N) is 4. The highest BCUT2D eigenvalue weighted by molar-refractivity contribution is 5.81. The van der Waals surface area contributed by atoms with Crippen LogP contribution < -0.4 is 4.74 Å². The smallest absolute Gasteiger partial charge is 0.336 e. The summed E-state index contributed by atoms with van der Waals surface area (Å²) in [7, 11) is 0. The normalized spacial score (nSPS) is 16.0. The molecule has 0 radical (unpaired) electrons. The van der Waals surface area contributed by atoms with Crippen molar-refractivity contribution in [1.82, 2.24) is 19.7 Å². The van der Waals surface area contributed by atoms with Crippen LogP contribution in [0.4, 0.5) is 0 Å². The number of para-hydroxylation sites is 1. The summed E-state index contributed by atoms with van der Waals surface area (Å²) in [6.07, 6.45) is 3.16. The van der Waals surface area contributed by atoms with Crippen molar-refractivity contribution in [3.63, 3.8) is 0 Å². The van der Waals surface area contributed by atoms with Crippen LogP contribution >= 0.6 is 0 Å². The number of likely N-dealkylation sites (tertiary alicyclic amines) is 1. The molecular weight excluding hydrogens is 268 g/mol. The molecule has 21 heavy (non-hydrogen) atoms. The van der Waals surface area contributed by atoms with Crippen LogP contribution in [0.1, 0.15) is 19.8 Å². The van der Waals surface area contributed by atoms with Gasteiger partial charge in [0.1, 0.15) is 6.33 Å². The van der Waals surface area contributed by atoms with Gasteiger partial charge in [-0.2, -0.15) is 4.98 Å². The molecule has 1 amide bonds. The topological polar surface area (TPSA) is 60.2 Å². The largest absolute Gasteiger partial charge is 0.449 e. The van der Waals surface area contributed by atoms with E-state index >= 15 is 0 Å². The van der Waals surface area contributed by atoms with Crippen LogP contribution in [0.15, 0.2) is 36.7 Å². The number of ether oxygens (including phenoxy) is 1. The van der Waals surface area contributed by atoms with E-state index in [1.54, 1.807) is 17.9 Å². The Kier molecular flexibility index (Phi) is 3.85. The Morgan fingerprint density at radius 1 is 1.24 bits per heavy atom. The quantitative estimate of drug-likeness (QED) is 0.857. The fraction of sp³-hybridized carbons (Fsp3) is 0.400. The first kappa shape index (κ1) is 13.6. The molecule has 1 saturated heterocycles. The molecule has 1 aliphatic heterocycles. The standard InChI is InChI=1S/C15H18N4O2/c1-12(14(20)18-9-5-6-10-18)21-15-16-11-19(17-15)13-7-3-2-4-8-13/h2-4,7-8,11-12H,5-6,9-10H2,1H3. The molecule has 1 aromatic carbocycles. The van der Waals surface area contributed by atoms with Gasteiger partial charge in [0.15, 0.2) is 6.10 Å². The summed E-state index contributed by atoms with van der Waals surface area (Å²) in [5.41, 5.74) is 0.901. The molecule has 110 valence electrons. The van der Waals surface area contributed by atoms with Crippen LogP contribution in [0.25, 0.3) is 5.69 Å². The lowest BCUT2D eigenvalue weighted by molar-refractivity contribution is -0.137. The van der Waals surface area contributed by atoms with Crippen LogP contribution in [0.3, 0.4) is 0 Å². The van der Waals surface area contributed by atoms with E-state index in [1.165, 1.54) is 0 Å². The Morgan fingerprint density at radius 3 is 2.67 bits per heavy atom. The van der Waals surface area contributed by atoms with Gasteiger partial charge in [-0.05, 0) is 31.9 Å². The summed E-state index contributed by atoms with van der Waals surface area (Å²) >= 11 is 0. The van der Waals surface area contributed by atoms with Gasteiger partial charge in [-0.15, -0.1) is 5.10 Å². The molecule has 1 atom stereocenters. The van der Waals surface area contributed by atoms with Gasteiger partial charge in [0.05, 0.1) is 5.69 Å². The predicted molar refractivity (Wildman–Crippen MR) is 77.3 cm³/mol. The molecule has 0 N–H and O–H groups in total. The minimum Gasteiger partial charge on any atom is -0.449 e. The number of aromatic nitrogens is 3. The summed E-state index contributed by atoms with van der Waals surface area (Å²) in [5.74, 6) is 0.00330. The Labute approximate surface area is 123 Å². The van der Waals surface area contributed by atoms with E-state index < -0.39 is 6.10 Å². The fourth-order valence-corrected chi connectivity index (χ4v) is 2.41. The first-order chi connectivity index (χ1) is 10.2. The van der Waals surface area contributed by atoms with Gasteiger partial charge in [0.25, 0.3) is 5.91 Å². The van der Waals surface area contributed by atoms with Crippen molar-refractivity contribution in [3.05, 3.63) is 36.7 Å².